The van der Waals surface area contributed by atoms with Crippen molar-refractivity contribution in [2.75, 3.05) is 6.54 Å². The second kappa shape index (κ2) is 6.77. The molecule has 0 radical (unpaired) electrons. The Morgan fingerprint density at radius 1 is 0.867 bits per heavy atom. The summed E-state index contributed by atoms with van der Waals surface area (Å²) in [6, 6.07) is 14.4. The average Bonchev–Trinajstić information content (AvgIpc) is 3.29. The van der Waals surface area contributed by atoms with E-state index in [1.165, 1.54) is 17.1 Å². The zero-order chi connectivity index (χ0) is 20.8. The van der Waals surface area contributed by atoms with Crippen molar-refractivity contribution in [2.45, 2.75) is 13.5 Å². The largest absolute Gasteiger partial charge is 0.297 e. The van der Waals surface area contributed by atoms with Gasteiger partial charge in [-0.15, -0.1) is 0 Å². The van der Waals surface area contributed by atoms with Crippen LogP contribution >= 0.6 is 0 Å². The quantitative estimate of drug-likeness (QED) is 0.491. The SMILES string of the molecule is Cc1ccccc1-n1ncc2c(=O)n(CCN3C(=O)c4ccccc4C3=O)cnc21. The molecular weight excluding hydrogens is 382 g/mol. The molecule has 8 heteroatoms. The van der Waals surface area contributed by atoms with E-state index in [2.05, 4.69) is 10.1 Å². The van der Waals surface area contributed by atoms with Crippen LogP contribution in [-0.4, -0.2) is 42.6 Å². The van der Waals surface area contributed by atoms with Gasteiger partial charge in [0.15, 0.2) is 5.65 Å². The molecule has 2 amide bonds. The summed E-state index contributed by atoms with van der Waals surface area (Å²) in [5, 5.41) is 4.72. The van der Waals surface area contributed by atoms with Gasteiger partial charge < -0.3 is 0 Å². The number of hydrogen-bond acceptors (Lipinski definition) is 5. The topological polar surface area (TPSA) is 90.1 Å². The van der Waals surface area contributed by atoms with Crippen LogP contribution in [0.15, 0.2) is 65.8 Å². The fraction of sp³-hybridized carbons (Fsp3) is 0.136. The smallest absolute Gasteiger partial charge is 0.264 e. The minimum atomic E-state index is -0.343. The van der Waals surface area contributed by atoms with Crippen molar-refractivity contribution in [2.24, 2.45) is 0 Å². The van der Waals surface area contributed by atoms with Gasteiger partial charge in [0.05, 0.1) is 23.0 Å². The molecule has 148 valence electrons. The zero-order valence-electron chi connectivity index (χ0n) is 16.1. The van der Waals surface area contributed by atoms with Crippen LogP contribution < -0.4 is 5.56 Å². The molecule has 3 heterocycles. The van der Waals surface area contributed by atoms with Gasteiger partial charge in [0.1, 0.15) is 11.7 Å². The monoisotopic (exact) mass is 399 g/mol. The summed E-state index contributed by atoms with van der Waals surface area (Å²) < 4.78 is 3.04. The summed E-state index contributed by atoms with van der Waals surface area (Å²) in [4.78, 5) is 43.5. The molecule has 0 bridgehead atoms. The highest BCUT2D eigenvalue weighted by Gasteiger charge is 2.34. The number of imide groups is 1. The highest BCUT2D eigenvalue weighted by Crippen LogP contribution is 2.22. The van der Waals surface area contributed by atoms with Crippen LogP contribution in [0, 0.1) is 6.92 Å². The lowest BCUT2D eigenvalue weighted by Gasteiger charge is -2.14. The van der Waals surface area contributed by atoms with Gasteiger partial charge in [-0.2, -0.15) is 5.10 Å². The number of aryl methyl sites for hydroxylation is 1. The summed E-state index contributed by atoms with van der Waals surface area (Å²) in [7, 11) is 0. The van der Waals surface area contributed by atoms with Gasteiger partial charge in [0.25, 0.3) is 17.4 Å². The van der Waals surface area contributed by atoms with Crippen LogP contribution in [-0.2, 0) is 6.54 Å². The summed E-state index contributed by atoms with van der Waals surface area (Å²) in [6.07, 6.45) is 2.93. The molecule has 0 saturated carbocycles. The first kappa shape index (κ1) is 18.0. The van der Waals surface area contributed by atoms with Crippen LogP contribution in [0.2, 0.25) is 0 Å². The highest BCUT2D eigenvalue weighted by molar-refractivity contribution is 6.21. The van der Waals surface area contributed by atoms with Crippen molar-refractivity contribution < 1.29 is 9.59 Å². The first-order valence-corrected chi connectivity index (χ1v) is 9.50. The first-order chi connectivity index (χ1) is 14.6. The maximum atomic E-state index is 12.9. The number of benzene rings is 2. The van der Waals surface area contributed by atoms with E-state index >= 15 is 0 Å². The molecule has 2 aromatic carbocycles. The Hall–Kier alpha value is -4.07. The van der Waals surface area contributed by atoms with Crippen molar-refractivity contribution in [1.29, 1.82) is 0 Å². The third-order valence-electron chi connectivity index (χ3n) is 5.34. The van der Waals surface area contributed by atoms with E-state index in [9.17, 15) is 14.4 Å². The number of rotatable bonds is 4. The molecule has 2 aromatic heterocycles. The van der Waals surface area contributed by atoms with E-state index in [1.807, 2.05) is 31.2 Å². The summed E-state index contributed by atoms with van der Waals surface area (Å²) >= 11 is 0. The third kappa shape index (κ3) is 2.65. The average molecular weight is 399 g/mol. The number of carbonyl (C=O) groups excluding carboxylic acids is 2. The summed E-state index contributed by atoms with van der Waals surface area (Å²) in [5.41, 5.74) is 2.84. The minimum absolute atomic E-state index is 0.0887. The van der Waals surface area contributed by atoms with Crippen molar-refractivity contribution in [3.05, 3.63) is 88.1 Å². The van der Waals surface area contributed by atoms with Gasteiger partial charge in [-0.25, -0.2) is 9.67 Å². The van der Waals surface area contributed by atoms with Crippen molar-refractivity contribution >= 4 is 22.8 Å². The molecular formula is C22H17N5O3. The van der Waals surface area contributed by atoms with Crippen molar-refractivity contribution in [3.8, 4) is 5.69 Å². The number of amides is 2. The first-order valence-electron chi connectivity index (χ1n) is 9.50. The maximum Gasteiger partial charge on any atom is 0.264 e. The van der Waals surface area contributed by atoms with Gasteiger partial charge in [0.2, 0.25) is 0 Å². The van der Waals surface area contributed by atoms with Gasteiger partial charge in [-0.05, 0) is 30.7 Å². The molecule has 30 heavy (non-hydrogen) atoms. The van der Waals surface area contributed by atoms with E-state index in [0.717, 1.165) is 16.2 Å². The molecule has 5 rings (SSSR count). The Morgan fingerprint density at radius 3 is 2.23 bits per heavy atom. The lowest BCUT2D eigenvalue weighted by Crippen LogP contribution is -2.35. The zero-order valence-corrected chi connectivity index (χ0v) is 16.1. The predicted octanol–water partition coefficient (Wildman–Crippen LogP) is 2.19. The molecule has 0 N–H and O–H groups in total. The number of fused-ring (bicyclic) bond motifs is 2. The van der Waals surface area contributed by atoms with Crippen LogP contribution in [0.25, 0.3) is 16.7 Å². The van der Waals surface area contributed by atoms with Crippen LogP contribution in [0.1, 0.15) is 26.3 Å². The Labute approximate surface area is 171 Å². The van der Waals surface area contributed by atoms with Crippen LogP contribution in [0.5, 0.6) is 0 Å². The van der Waals surface area contributed by atoms with E-state index in [1.54, 1.807) is 28.9 Å². The Kier molecular flexibility index (Phi) is 4.06. The molecule has 1 aliphatic rings. The fourth-order valence-electron chi connectivity index (χ4n) is 3.74. The van der Waals surface area contributed by atoms with Gasteiger partial charge >= 0.3 is 0 Å². The molecule has 0 fully saturated rings. The molecule has 0 aliphatic carbocycles. The van der Waals surface area contributed by atoms with E-state index in [4.69, 9.17) is 0 Å². The minimum Gasteiger partial charge on any atom is -0.297 e. The molecule has 0 spiro atoms. The van der Waals surface area contributed by atoms with Crippen LogP contribution in [0.4, 0.5) is 0 Å². The second-order valence-corrected chi connectivity index (χ2v) is 7.13. The van der Waals surface area contributed by atoms with Crippen LogP contribution in [0.3, 0.4) is 0 Å². The number of para-hydroxylation sites is 1. The molecule has 0 saturated heterocycles. The maximum absolute atomic E-state index is 12.9. The predicted molar refractivity (Wildman–Crippen MR) is 110 cm³/mol. The molecule has 1 aliphatic heterocycles. The van der Waals surface area contributed by atoms with Gasteiger partial charge in [-0.3, -0.25) is 23.9 Å². The van der Waals surface area contributed by atoms with E-state index in [-0.39, 0.29) is 30.5 Å². The molecule has 8 nitrogen and oxygen atoms in total. The highest BCUT2D eigenvalue weighted by atomic mass is 16.2. The standard InChI is InChI=1S/C22H17N5O3/c1-14-6-2-5-9-18(14)27-19-17(12-24-27)20(28)25(13-23-19)10-11-26-21(29)15-7-3-4-8-16(15)22(26)30/h2-9,12-13H,10-11H2,1H3. The lowest BCUT2D eigenvalue weighted by molar-refractivity contribution is 0.0648. The second-order valence-electron chi connectivity index (χ2n) is 7.13. The normalized spacial score (nSPS) is 13.3. The van der Waals surface area contributed by atoms with E-state index in [0.29, 0.717) is 22.2 Å². The Morgan fingerprint density at radius 2 is 1.53 bits per heavy atom. The van der Waals surface area contributed by atoms with Crippen molar-refractivity contribution in [3.63, 3.8) is 0 Å². The van der Waals surface area contributed by atoms with Gasteiger partial charge in [0, 0.05) is 13.1 Å². The van der Waals surface area contributed by atoms with Crippen molar-refractivity contribution in [1.82, 2.24) is 24.2 Å². The number of aromatic nitrogens is 4. The van der Waals surface area contributed by atoms with Gasteiger partial charge in [-0.1, -0.05) is 30.3 Å². The third-order valence-corrected chi connectivity index (χ3v) is 5.34. The number of nitrogens with zero attached hydrogens (tertiary/aromatic N) is 5. The fourth-order valence-corrected chi connectivity index (χ4v) is 3.74. The van der Waals surface area contributed by atoms with E-state index < -0.39 is 0 Å². The number of hydrogen-bond donors (Lipinski definition) is 0. The Balaban J connectivity index is 1.44. The Bertz CT molecular complexity index is 1350. The molecule has 0 unspecified atom stereocenters. The molecule has 0 atom stereocenters. The molecule has 4 aromatic rings. The number of carbonyl (C=O) groups is 2. The lowest BCUT2D eigenvalue weighted by atomic mass is 10.1. The summed E-state index contributed by atoms with van der Waals surface area (Å²) in [6.45, 7) is 2.21. The summed E-state index contributed by atoms with van der Waals surface area (Å²) in [5.74, 6) is -0.685.